The van der Waals surface area contributed by atoms with Crippen LogP contribution in [0.5, 0.6) is 0 Å². The number of benzene rings is 1. The molecule has 0 spiro atoms. The molecule has 3 aromatic rings. The number of nitrogens with one attached hydrogen (secondary N) is 1. The minimum atomic E-state index is 0.164. The first-order valence-corrected chi connectivity index (χ1v) is 7.14. The van der Waals surface area contributed by atoms with Gasteiger partial charge in [0.1, 0.15) is 5.37 Å². The molecule has 20 heavy (non-hydrogen) atoms. The van der Waals surface area contributed by atoms with Gasteiger partial charge in [0.25, 0.3) is 0 Å². The average Bonchev–Trinajstić information content (AvgIpc) is 3.09. The number of hydrogen-bond donors (Lipinski definition) is 1. The van der Waals surface area contributed by atoms with Crippen LogP contribution < -0.4 is 5.43 Å². The number of thioether (sulfide) groups is 1. The highest BCUT2D eigenvalue weighted by Gasteiger charge is 2.27. The lowest BCUT2D eigenvalue weighted by Crippen LogP contribution is -2.13. The number of fused-ring (bicyclic) bond motifs is 1. The van der Waals surface area contributed by atoms with Crippen molar-refractivity contribution in [3.8, 4) is 11.4 Å². The Morgan fingerprint density at radius 2 is 1.95 bits per heavy atom. The van der Waals surface area contributed by atoms with Gasteiger partial charge in [-0.3, -0.25) is 4.98 Å². The molecule has 6 heteroatoms. The summed E-state index contributed by atoms with van der Waals surface area (Å²) in [6, 6.07) is 14.2. The van der Waals surface area contributed by atoms with Gasteiger partial charge in [0.15, 0.2) is 5.82 Å². The summed E-state index contributed by atoms with van der Waals surface area (Å²) in [7, 11) is 0. The number of pyridine rings is 1. The molecule has 98 valence electrons. The average molecular weight is 281 g/mol. The van der Waals surface area contributed by atoms with Gasteiger partial charge in [0.2, 0.25) is 5.16 Å². The van der Waals surface area contributed by atoms with Gasteiger partial charge < -0.3 is 5.43 Å². The molecule has 0 saturated carbocycles. The highest BCUT2D eigenvalue weighted by Crippen LogP contribution is 2.39. The van der Waals surface area contributed by atoms with Crippen LogP contribution in [0.2, 0.25) is 0 Å². The Kier molecular flexibility index (Phi) is 2.67. The van der Waals surface area contributed by atoms with E-state index in [-0.39, 0.29) is 5.37 Å². The summed E-state index contributed by atoms with van der Waals surface area (Å²) in [6.07, 6.45) is 3.54. The van der Waals surface area contributed by atoms with E-state index in [1.165, 1.54) is 5.56 Å². The first-order valence-electron chi connectivity index (χ1n) is 6.26. The van der Waals surface area contributed by atoms with Crippen LogP contribution in [0.25, 0.3) is 11.4 Å². The van der Waals surface area contributed by atoms with Crippen molar-refractivity contribution in [2.75, 3.05) is 5.43 Å². The second-order valence-electron chi connectivity index (χ2n) is 4.42. The maximum Gasteiger partial charge on any atom is 0.212 e. The van der Waals surface area contributed by atoms with E-state index < -0.39 is 0 Å². The second kappa shape index (κ2) is 4.64. The first kappa shape index (κ1) is 11.5. The maximum absolute atomic E-state index is 4.23. The van der Waals surface area contributed by atoms with Crippen LogP contribution in [0.1, 0.15) is 10.9 Å². The SMILES string of the molecule is c1ccc([C@@H]2Nn3c(nnc3-c3cccnc3)S2)cc1. The van der Waals surface area contributed by atoms with E-state index in [1.54, 1.807) is 24.2 Å². The lowest BCUT2D eigenvalue weighted by Gasteiger charge is -2.11. The molecule has 1 N–H and O–H groups in total. The summed E-state index contributed by atoms with van der Waals surface area (Å²) in [4.78, 5) is 4.13. The fourth-order valence-electron chi connectivity index (χ4n) is 2.16. The quantitative estimate of drug-likeness (QED) is 0.782. The fraction of sp³-hybridized carbons (Fsp3) is 0.0714. The van der Waals surface area contributed by atoms with Gasteiger partial charge in [-0.2, -0.15) is 0 Å². The summed E-state index contributed by atoms with van der Waals surface area (Å²) in [5.41, 5.74) is 5.60. The molecule has 0 aliphatic carbocycles. The van der Waals surface area contributed by atoms with E-state index >= 15 is 0 Å². The van der Waals surface area contributed by atoms with Crippen molar-refractivity contribution in [2.45, 2.75) is 10.5 Å². The minimum Gasteiger partial charge on any atom is -0.304 e. The zero-order valence-corrected chi connectivity index (χ0v) is 11.3. The molecule has 5 nitrogen and oxygen atoms in total. The molecular weight excluding hydrogens is 270 g/mol. The van der Waals surface area contributed by atoms with E-state index in [2.05, 4.69) is 32.7 Å². The number of aromatic nitrogens is 4. The zero-order valence-electron chi connectivity index (χ0n) is 10.5. The largest absolute Gasteiger partial charge is 0.304 e. The third-order valence-electron chi connectivity index (χ3n) is 3.13. The predicted octanol–water partition coefficient (Wildman–Crippen LogP) is 2.69. The van der Waals surface area contributed by atoms with E-state index in [0.29, 0.717) is 0 Å². The van der Waals surface area contributed by atoms with E-state index in [9.17, 15) is 0 Å². The Bertz CT molecular complexity index is 726. The Labute approximate surface area is 120 Å². The lowest BCUT2D eigenvalue weighted by atomic mass is 10.2. The molecule has 0 saturated heterocycles. The smallest absolute Gasteiger partial charge is 0.212 e. The minimum absolute atomic E-state index is 0.164. The summed E-state index contributed by atoms with van der Waals surface area (Å²) in [6.45, 7) is 0. The molecule has 0 unspecified atom stereocenters. The van der Waals surface area contributed by atoms with Crippen LogP contribution in [0.15, 0.2) is 60.0 Å². The van der Waals surface area contributed by atoms with Crippen molar-refractivity contribution < 1.29 is 0 Å². The molecule has 0 fully saturated rings. The van der Waals surface area contributed by atoms with Crippen LogP contribution in [-0.4, -0.2) is 19.9 Å². The molecule has 1 aromatic carbocycles. The molecule has 3 heterocycles. The number of hydrogen-bond acceptors (Lipinski definition) is 5. The van der Waals surface area contributed by atoms with Crippen molar-refractivity contribution in [3.05, 3.63) is 60.4 Å². The molecule has 1 aliphatic heterocycles. The highest BCUT2D eigenvalue weighted by atomic mass is 32.2. The summed E-state index contributed by atoms with van der Waals surface area (Å²) < 4.78 is 1.93. The molecular formula is C14H11N5S. The van der Waals surface area contributed by atoms with Crippen LogP contribution in [0.4, 0.5) is 0 Å². The van der Waals surface area contributed by atoms with Gasteiger partial charge >= 0.3 is 0 Å². The Morgan fingerprint density at radius 3 is 2.75 bits per heavy atom. The van der Waals surface area contributed by atoms with Gasteiger partial charge in [0.05, 0.1) is 0 Å². The Morgan fingerprint density at radius 1 is 1.05 bits per heavy atom. The topological polar surface area (TPSA) is 55.6 Å². The van der Waals surface area contributed by atoms with Crippen LogP contribution >= 0.6 is 11.8 Å². The van der Waals surface area contributed by atoms with Crippen molar-refractivity contribution in [1.82, 2.24) is 19.9 Å². The van der Waals surface area contributed by atoms with Gasteiger partial charge in [-0.1, -0.05) is 42.1 Å². The first-order chi connectivity index (χ1) is 9.92. The van der Waals surface area contributed by atoms with Crippen molar-refractivity contribution in [1.29, 1.82) is 0 Å². The zero-order chi connectivity index (χ0) is 13.4. The maximum atomic E-state index is 4.23. The standard InChI is InChI=1S/C14H11N5S/c1-2-5-10(6-3-1)13-18-19-12(16-17-14(19)20-13)11-7-4-8-15-9-11/h1-9,13,18H/t13-/m1/s1. The van der Waals surface area contributed by atoms with E-state index in [0.717, 1.165) is 16.5 Å². The molecule has 0 amide bonds. The molecule has 1 atom stereocenters. The monoisotopic (exact) mass is 281 g/mol. The van der Waals surface area contributed by atoms with E-state index in [1.807, 2.05) is 35.0 Å². The van der Waals surface area contributed by atoms with Gasteiger partial charge in [-0.25, -0.2) is 4.68 Å². The van der Waals surface area contributed by atoms with Crippen LogP contribution in [-0.2, 0) is 0 Å². The Balaban J connectivity index is 1.68. The van der Waals surface area contributed by atoms with Gasteiger partial charge in [0, 0.05) is 18.0 Å². The van der Waals surface area contributed by atoms with Crippen LogP contribution in [0.3, 0.4) is 0 Å². The third kappa shape index (κ3) is 1.85. The van der Waals surface area contributed by atoms with Gasteiger partial charge in [-0.15, -0.1) is 10.2 Å². The normalized spacial score (nSPS) is 16.7. The summed E-state index contributed by atoms with van der Waals surface area (Å²) in [5.74, 6) is 0.791. The van der Waals surface area contributed by atoms with Crippen molar-refractivity contribution >= 4 is 11.8 Å². The molecule has 1 aliphatic rings. The summed E-state index contributed by atoms with van der Waals surface area (Å²) in [5, 5.41) is 9.50. The van der Waals surface area contributed by atoms with Crippen molar-refractivity contribution in [3.63, 3.8) is 0 Å². The number of rotatable bonds is 2. The van der Waals surface area contributed by atoms with E-state index in [4.69, 9.17) is 0 Å². The molecule has 0 radical (unpaired) electrons. The molecule has 2 aromatic heterocycles. The highest BCUT2D eigenvalue weighted by molar-refractivity contribution is 7.99. The van der Waals surface area contributed by atoms with Crippen molar-refractivity contribution in [2.24, 2.45) is 0 Å². The third-order valence-corrected chi connectivity index (χ3v) is 4.21. The molecule has 4 rings (SSSR count). The lowest BCUT2D eigenvalue weighted by molar-refractivity contribution is 0.792. The Hall–Kier alpha value is -2.34. The summed E-state index contributed by atoms with van der Waals surface area (Å²) >= 11 is 1.66. The predicted molar refractivity (Wildman–Crippen MR) is 77.7 cm³/mol. The van der Waals surface area contributed by atoms with Gasteiger partial charge in [-0.05, 0) is 17.7 Å². The molecule has 0 bridgehead atoms. The number of nitrogens with zero attached hydrogens (tertiary/aromatic N) is 4. The second-order valence-corrected chi connectivity index (χ2v) is 5.49. The fourth-order valence-corrected chi connectivity index (χ4v) is 3.16. The van der Waals surface area contributed by atoms with Crippen LogP contribution in [0, 0.1) is 0 Å².